The van der Waals surface area contributed by atoms with Crippen molar-refractivity contribution in [3.8, 4) is 0 Å². The SMILES string of the molecule is CCCCC/C=C\C/C=C\CCCCCCCCCCC(CCCC=C=CCCC(C)C(C)OC(=O)C(CC)CCCC)CCN(C)C. The van der Waals surface area contributed by atoms with Crippen molar-refractivity contribution in [2.45, 2.75) is 201 Å². The van der Waals surface area contributed by atoms with E-state index < -0.39 is 0 Å². The van der Waals surface area contributed by atoms with Gasteiger partial charge in [0.1, 0.15) is 6.10 Å². The molecular formula is C45H83NO2. The Kier molecular flexibility index (Phi) is 34.1. The first-order valence-electron chi connectivity index (χ1n) is 20.9. The molecule has 0 aliphatic rings. The number of esters is 1. The first-order chi connectivity index (χ1) is 23.3. The molecule has 280 valence electrons. The first-order valence-corrected chi connectivity index (χ1v) is 20.9. The fraction of sp³-hybridized carbons (Fsp3) is 0.822. The van der Waals surface area contributed by atoms with Crippen LogP contribution in [0.5, 0.6) is 0 Å². The molecule has 0 N–H and O–H groups in total. The molecule has 48 heavy (non-hydrogen) atoms. The zero-order valence-electron chi connectivity index (χ0n) is 33.4. The van der Waals surface area contributed by atoms with Gasteiger partial charge < -0.3 is 9.64 Å². The van der Waals surface area contributed by atoms with E-state index in [4.69, 9.17) is 4.74 Å². The number of carbonyl (C=O) groups is 1. The Hall–Kier alpha value is -1.57. The van der Waals surface area contributed by atoms with Crippen LogP contribution in [-0.4, -0.2) is 37.6 Å². The maximum atomic E-state index is 12.5. The lowest BCUT2D eigenvalue weighted by molar-refractivity contribution is -0.156. The smallest absolute Gasteiger partial charge is 0.309 e. The topological polar surface area (TPSA) is 29.5 Å². The third-order valence-corrected chi connectivity index (χ3v) is 10.1. The van der Waals surface area contributed by atoms with Gasteiger partial charge in [-0.05, 0) is 129 Å². The lowest BCUT2D eigenvalue weighted by Gasteiger charge is -2.22. The number of ether oxygens (including phenoxy) is 1. The predicted molar refractivity (Wildman–Crippen MR) is 214 cm³/mol. The van der Waals surface area contributed by atoms with E-state index in [0.717, 1.165) is 57.3 Å². The van der Waals surface area contributed by atoms with Gasteiger partial charge in [-0.3, -0.25) is 4.79 Å². The van der Waals surface area contributed by atoms with E-state index in [-0.39, 0.29) is 18.0 Å². The molecule has 0 aromatic carbocycles. The van der Waals surface area contributed by atoms with Crippen molar-refractivity contribution in [1.29, 1.82) is 0 Å². The molecule has 0 saturated heterocycles. The quantitative estimate of drug-likeness (QED) is 0.0295. The lowest BCUT2D eigenvalue weighted by Crippen LogP contribution is -2.26. The van der Waals surface area contributed by atoms with Crippen molar-refractivity contribution >= 4 is 5.97 Å². The lowest BCUT2D eigenvalue weighted by atomic mass is 9.92. The fourth-order valence-electron chi connectivity index (χ4n) is 6.32. The van der Waals surface area contributed by atoms with Gasteiger partial charge in [-0.1, -0.05) is 135 Å². The van der Waals surface area contributed by atoms with Crippen molar-refractivity contribution in [3.63, 3.8) is 0 Å². The van der Waals surface area contributed by atoms with Gasteiger partial charge in [-0.25, -0.2) is 0 Å². The van der Waals surface area contributed by atoms with Crippen molar-refractivity contribution in [1.82, 2.24) is 4.90 Å². The molecule has 3 heteroatoms. The zero-order valence-corrected chi connectivity index (χ0v) is 33.4. The van der Waals surface area contributed by atoms with E-state index in [1.165, 1.54) is 116 Å². The second-order valence-corrected chi connectivity index (χ2v) is 15.0. The first kappa shape index (κ1) is 46.4. The third-order valence-electron chi connectivity index (χ3n) is 10.1. The van der Waals surface area contributed by atoms with Crippen LogP contribution < -0.4 is 0 Å². The molecule has 0 fully saturated rings. The molecule has 0 aliphatic carbocycles. The summed E-state index contributed by atoms with van der Waals surface area (Å²) in [7, 11) is 4.41. The molecule has 0 spiro atoms. The maximum Gasteiger partial charge on any atom is 0.309 e. The summed E-state index contributed by atoms with van der Waals surface area (Å²) < 4.78 is 5.83. The van der Waals surface area contributed by atoms with Gasteiger partial charge in [-0.15, -0.1) is 5.73 Å². The van der Waals surface area contributed by atoms with Crippen molar-refractivity contribution < 1.29 is 9.53 Å². The maximum absolute atomic E-state index is 12.5. The van der Waals surface area contributed by atoms with Crippen LogP contribution in [0.2, 0.25) is 0 Å². The van der Waals surface area contributed by atoms with Crippen molar-refractivity contribution in [2.24, 2.45) is 17.8 Å². The van der Waals surface area contributed by atoms with E-state index in [2.05, 4.69) is 95.8 Å². The highest BCUT2D eigenvalue weighted by atomic mass is 16.5. The van der Waals surface area contributed by atoms with Crippen molar-refractivity contribution in [3.05, 3.63) is 42.2 Å². The van der Waals surface area contributed by atoms with E-state index >= 15 is 0 Å². The summed E-state index contributed by atoms with van der Waals surface area (Å²) in [4.78, 5) is 14.9. The van der Waals surface area contributed by atoms with Crippen LogP contribution in [0.15, 0.2) is 42.2 Å². The molecule has 0 saturated carbocycles. The number of hydrogen-bond donors (Lipinski definition) is 0. The van der Waals surface area contributed by atoms with Gasteiger partial charge in [0, 0.05) is 0 Å². The summed E-state index contributed by atoms with van der Waals surface area (Å²) in [5, 5.41) is 0. The number of rotatable bonds is 34. The van der Waals surface area contributed by atoms with Crippen LogP contribution in [0, 0.1) is 17.8 Å². The average Bonchev–Trinajstić information content (AvgIpc) is 3.07. The Bertz CT molecular complexity index is 821. The molecule has 0 aliphatic heterocycles. The largest absolute Gasteiger partial charge is 0.462 e. The average molecular weight is 670 g/mol. The van der Waals surface area contributed by atoms with Gasteiger partial charge in [-0.2, -0.15) is 0 Å². The highest BCUT2D eigenvalue weighted by molar-refractivity contribution is 5.72. The van der Waals surface area contributed by atoms with Crippen LogP contribution >= 0.6 is 0 Å². The molecule has 0 radical (unpaired) electrons. The van der Waals surface area contributed by atoms with Gasteiger partial charge in [0.25, 0.3) is 0 Å². The number of hydrogen-bond acceptors (Lipinski definition) is 3. The molecule has 0 amide bonds. The van der Waals surface area contributed by atoms with Gasteiger partial charge in [0.05, 0.1) is 5.92 Å². The molecule has 0 heterocycles. The summed E-state index contributed by atoms with van der Waals surface area (Å²) in [6.07, 6.45) is 45.2. The molecule has 0 aromatic rings. The van der Waals surface area contributed by atoms with Crippen LogP contribution in [0.1, 0.15) is 195 Å². The molecular weight excluding hydrogens is 587 g/mol. The summed E-state index contributed by atoms with van der Waals surface area (Å²) in [5.74, 6) is 1.28. The van der Waals surface area contributed by atoms with Crippen LogP contribution in [0.25, 0.3) is 0 Å². The van der Waals surface area contributed by atoms with Gasteiger partial charge in [0.15, 0.2) is 0 Å². The van der Waals surface area contributed by atoms with Gasteiger partial charge >= 0.3 is 5.97 Å². The molecule has 4 atom stereocenters. The van der Waals surface area contributed by atoms with Crippen LogP contribution in [0.3, 0.4) is 0 Å². The number of carbonyl (C=O) groups excluding carboxylic acids is 1. The number of allylic oxidation sites excluding steroid dienone is 5. The van der Waals surface area contributed by atoms with E-state index in [0.29, 0.717) is 5.92 Å². The Morgan fingerprint density at radius 2 is 1.21 bits per heavy atom. The van der Waals surface area contributed by atoms with E-state index in [1.807, 2.05) is 0 Å². The predicted octanol–water partition coefficient (Wildman–Crippen LogP) is 14.0. The summed E-state index contributed by atoms with van der Waals surface area (Å²) in [6.45, 7) is 12.0. The van der Waals surface area contributed by atoms with E-state index in [9.17, 15) is 4.79 Å². The molecule has 4 unspecified atom stereocenters. The second kappa shape index (κ2) is 35.3. The molecule has 0 aromatic heterocycles. The summed E-state index contributed by atoms with van der Waals surface area (Å²) in [5.41, 5.74) is 3.43. The normalized spacial score (nSPS) is 14.3. The third kappa shape index (κ3) is 30.5. The Morgan fingerprint density at radius 3 is 1.83 bits per heavy atom. The monoisotopic (exact) mass is 670 g/mol. The number of unbranched alkanes of at least 4 members (excludes halogenated alkanes) is 13. The Labute approximate surface area is 301 Å². The molecule has 3 nitrogen and oxygen atoms in total. The fourth-order valence-corrected chi connectivity index (χ4v) is 6.32. The Balaban J connectivity index is 4.04. The van der Waals surface area contributed by atoms with E-state index in [1.54, 1.807) is 0 Å². The second-order valence-electron chi connectivity index (χ2n) is 15.0. The zero-order chi connectivity index (χ0) is 35.5. The minimum absolute atomic E-state index is 0.00149. The minimum Gasteiger partial charge on any atom is -0.462 e. The van der Waals surface area contributed by atoms with Crippen LogP contribution in [-0.2, 0) is 9.53 Å². The number of nitrogens with zero attached hydrogens (tertiary/aromatic N) is 1. The van der Waals surface area contributed by atoms with Crippen LogP contribution in [0.4, 0.5) is 0 Å². The molecule has 0 bridgehead atoms. The molecule has 0 rings (SSSR count). The standard InChI is InChI=1S/C45H83NO2/c1-8-11-13-14-15-16-17-18-19-20-21-22-23-24-25-26-30-33-36-43(39-40-46(6)7)37-34-31-28-27-29-32-35-41(4)42(5)48-45(47)44(10-3)38-12-9-2/h15-16,18-19,28-29,41-44H,8-14,17,20-26,30-40H2,1-7H3/b16-15-,19-18-. The highest BCUT2D eigenvalue weighted by Crippen LogP contribution is 2.22. The Morgan fingerprint density at radius 1 is 0.625 bits per heavy atom. The summed E-state index contributed by atoms with van der Waals surface area (Å²) >= 11 is 0. The minimum atomic E-state index is -0.0232. The summed E-state index contributed by atoms with van der Waals surface area (Å²) in [6, 6.07) is 0. The highest BCUT2D eigenvalue weighted by Gasteiger charge is 2.22. The van der Waals surface area contributed by atoms with Gasteiger partial charge in [0.2, 0.25) is 0 Å². The van der Waals surface area contributed by atoms with Crippen molar-refractivity contribution in [2.75, 3.05) is 20.6 Å².